The molecule has 5 nitrogen and oxygen atoms in total. The molecule has 0 radical (unpaired) electrons. The lowest BCUT2D eigenvalue weighted by molar-refractivity contribution is 0.0160. The van der Waals surface area contributed by atoms with Crippen LogP contribution in [0.25, 0.3) is 0 Å². The molecule has 7 heteroatoms. The zero-order valence-electron chi connectivity index (χ0n) is 11.7. The number of hydrogen-bond donors (Lipinski definition) is 0. The Morgan fingerprint density at radius 3 is 2.86 bits per heavy atom. The van der Waals surface area contributed by atoms with Gasteiger partial charge in [0.1, 0.15) is 11.0 Å². The fraction of sp³-hybridized carbons (Fsp3) is 0.357. The summed E-state index contributed by atoms with van der Waals surface area (Å²) in [6.45, 7) is 4.95. The van der Waals surface area contributed by atoms with E-state index in [4.69, 9.17) is 4.74 Å². The smallest absolute Gasteiger partial charge is 0.266 e. The number of carbonyl (C=O) groups is 1. The van der Waals surface area contributed by atoms with Crippen molar-refractivity contribution in [2.45, 2.75) is 20.0 Å². The topological polar surface area (TPSA) is 55.3 Å². The van der Waals surface area contributed by atoms with Crippen LogP contribution < -0.4 is 4.74 Å². The molecule has 3 heterocycles. The van der Waals surface area contributed by atoms with Crippen molar-refractivity contribution in [3.8, 4) is 5.88 Å². The molecule has 1 saturated heterocycles. The van der Waals surface area contributed by atoms with Gasteiger partial charge >= 0.3 is 0 Å². The Balaban J connectivity index is 1.60. The first-order valence-corrected chi connectivity index (χ1v) is 8.16. The lowest BCUT2D eigenvalue weighted by Crippen LogP contribution is -2.56. The van der Waals surface area contributed by atoms with E-state index >= 15 is 0 Å². The van der Waals surface area contributed by atoms with Gasteiger partial charge in [-0.3, -0.25) is 4.79 Å². The largest absolute Gasteiger partial charge is 0.470 e. The molecule has 0 N–H and O–H groups in total. The van der Waals surface area contributed by atoms with E-state index in [0.717, 1.165) is 20.1 Å². The molecule has 2 aromatic heterocycles. The number of pyridine rings is 1. The third kappa shape index (κ3) is 2.94. The minimum atomic E-state index is -0.00512. The standard InChI is InChI=1S/C14H14BrN3O2S/c1-8-12(21-9(2)17-8)14(19)18-6-10(7-18)20-13-11(15)4-3-5-16-13/h3-5,10H,6-7H2,1-2H3. The highest BCUT2D eigenvalue weighted by Crippen LogP contribution is 2.26. The molecule has 2 aromatic rings. The maximum absolute atomic E-state index is 12.3. The van der Waals surface area contributed by atoms with Gasteiger partial charge in [-0.25, -0.2) is 9.97 Å². The van der Waals surface area contributed by atoms with Gasteiger partial charge in [0.25, 0.3) is 5.91 Å². The maximum Gasteiger partial charge on any atom is 0.266 e. The highest BCUT2D eigenvalue weighted by molar-refractivity contribution is 9.10. The van der Waals surface area contributed by atoms with E-state index in [0.29, 0.717) is 19.0 Å². The van der Waals surface area contributed by atoms with Crippen LogP contribution in [-0.4, -0.2) is 40.0 Å². The molecule has 1 aliphatic rings. The van der Waals surface area contributed by atoms with Gasteiger partial charge in [-0.15, -0.1) is 11.3 Å². The third-order valence-corrected chi connectivity index (χ3v) is 4.90. The summed E-state index contributed by atoms with van der Waals surface area (Å²) >= 11 is 4.84. The van der Waals surface area contributed by atoms with Gasteiger partial charge in [0.05, 0.1) is 28.3 Å². The molecule has 3 rings (SSSR count). The maximum atomic E-state index is 12.3. The van der Waals surface area contributed by atoms with Crippen molar-refractivity contribution in [3.05, 3.63) is 38.4 Å². The summed E-state index contributed by atoms with van der Waals surface area (Å²) in [5, 5.41) is 0.918. The number of aryl methyl sites for hydroxylation is 2. The Morgan fingerprint density at radius 1 is 1.48 bits per heavy atom. The number of amides is 1. The first-order valence-electron chi connectivity index (χ1n) is 6.55. The third-order valence-electron chi connectivity index (χ3n) is 3.24. The lowest BCUT2D eigenvalue weighted by Gasteiger charge is -2.38. The molecular formula is C14H14BrN3O2S. The predicted molar refractivity (Wildman–Crippen MR) is 83.8 cm³/mol. The van der Waals surface area contributed by atoms with E-state index in [1.165, 1.54) is 11.3 Å². The molecule has 1 amide bonds. The van der Waals surface area contributed by atoms with E-state index in [-0.39, 0.29) is 12.0 Å². The lowest BCUT2D eigenvalue weighted by atomic mass is 10.1. The van der Waals surface area contributed by atoms with Gasteiger partial charge in [-0.2, -0.15) is 0 Å². The summed E-state index contributed by atoms with van der Waals surface area (Å²) in [5.41, 5.74) is 0.805. The minimum absolute atomic E-state index is 0.00512. The van der Waals surface area contributed by atoms with Crippen LogP contribution in [0.1, 0.15) is 20.4 Å². The Bertz CT molecular complexity index is 683. The minimum Gasteiger partial charge on any atom is -0.470 e. The zero-order valence-corrected chi connectivity index (χ0v) is 14.1. The number of likely N-dealkylation sites (tertiary alicyclic amines) is 1. The molecule has 0 spiro atoms. The molecule has 1 fully saturated rings. The van der Waals surface area contributed by atoms with Gasteiger partial charge in [-0.05, 0) is 41.9 Å². The normalized spacial score (nSPS) is 14.9. The monoisotopic (exact) mass is 367 g/mol. The second-order valence-corrected chi connectivity index (χ2v) is 6.95. The van der Waals surface area contributed by atoms with Crippen molar-refractivity contribution in [2.24, 2.45) is 0 Å². The van der Waals surface area contributed by atoms with Crippen molar-refractivity contribution < 1.29 is 9.53 Å². The van der Waals surface area contributed by atoms with Crippen molar-refractivity contribution in [2.75, 3.05) is 13.1 Å². The summed E-state index contributed by atoms with van der Waals surface area (Å²) in [7, 11) is 0. The molecule has 0 aromatic carbocycles. The summed E-state index contributed by atoms with van der Waals surface area (Å²) in [5.74, 6) is 0.609. The number of halogens is 1. The SMILES string of the molecule is Cc1nc(C)c(C(=O)N2CC(Oc3ncccc3Br)C2)s1. The molecular weight excluding hydrogens is 354 g/mol. The van der Waals surface area contributed by atoms with Crippen LogP contribution in [-0.2, 0) is 0 Å². The summed E-state index contributed by atoms with van der Waals surface area (Å²) in [4.78, 5) is 23.3. The summed E-state index contributed by atoms with van der Waals surface area (Å²) < 4.78 is 6.59. The molecule has 1 aliphatic heterocycles. The molecule has 0 unspecified atom stereocenters. The van der Waals surface area contributed by atoms with E-state index in [2.05, 4.69) is 25.9 Å². The zero-order chi connectivity index (χ0) is 15.0. The van der Waals surface area contributed by atoms with Gasteiger partial charge in [0.15, 0.2) is 0 Å². The molecule has 0 bridgehead atoms. The molecule has 110 valence electrons. The van der Waals surface area contributed by atoms with Gasteiger partial charge in [-0.1, -0.05) is 0 Å². The fourth-order valence-corrected chi connectivity index (χ4v) is 3.40. The summed E-state index contributed by atoms with van der Waals surface area (Å²) in [6, 6.07) is 3.72. The second-order valence-electron chi connectivity index (χ2n) is 4.89. The molecule has 21 heavy (non-hydrogen) atoms. The quantitative estimate of drug-likeness (QED) is 0.836. The van der Waals surface area contributed by atoms with Crippen molar-refractivity contribution in [3.63, 3.8) is 0 Å². The Kier molecular flexibility index (Phi) is 3.95. The number of carbonyl (C=O) groups excluding carboxylic acids is 1. The Morgan fingerprint density at radius 2 is 2.24 bits per heavy atom. The van der Waals surface area contributed by atoms with Crippen LogP contribution in [0.4, 0.5) is 0 Å². The van der Waals surface area contributed by atoms with E-state index < -0.39 is 0 Å². The number of rotatable bonds is 3. The number of hydrogen-bond acceptors (Lipinski definition) is 5. The average Bonchev–Trinajstić information content (AvgIpc) is 2.74. The van der Waals surface area contributed by atoms with Crippen LogP contribution in [0.15, 0.2) is 22.8 Å². The van der Waals surface area contributed by atoms with Gasteiger partial charge in [0.2, 0.25) is 5.88 Å². The highest BCUT2D eigenvalue weighted by Gasteiger charge is 2.34. The fourth-order valence-electron chi connectivity index (χ4n) is 2.17. The second kappa shape index (κ2) is 5.73. The van der Waals surface area contributed by atoms with Crippen LogP contribution in [0.3, 0.4) is 0 Å². The molecule has 0 atom stereocenters. The van der Waals surface area contributed by atoms with Crippen LogP contribution in [0.5, 0.6) is 5.88 Å². The Hall–Kier alpha value is -1.47. The van der Waals surface area contributed by atoms with E-state index in [9.17, 15) is 4.79 Å². The molecule has 0 saturated carbocycles. The number of nitrogens with zero attached hydrogens (tertiary/aromatic N) is 3. The van der Waals surface area contributed by atoms with Crippen molar-refractivity contribution >= 4 is 33.2 Å². The van der Waals surface area contributed by atoms with Crippen LogP contribution in [0.2, 0.25) is 0 Å². The first kappa shape index (κ1) is 14.5. The highest BCUT2D eigenvalue weighted by atomic mass is 79.9. The average molecular weight is 368 g/mol. The number of aromatic nitrogens is 2. The van der Waals surface area contributed by atoms with Crippen molar-refractivity contribution in [1.29, 1.82) is 0 Å². The van der Waals surface area contributed by atoms with Gasteiger partial charge in [0, 0.05) is 6.20 Å². The Labute approximate surface area is 135 Å². The number of thiazole rings is 1. The summed E-state index contributed by atoms with van der Waals surface area (Å²) in [6.07, 6.45) is 1.68. The first-order chi connectivity index (χ1) is 10.0. The predicted octanol–water partition coefficient (Wildman–Crippen LogP) is 2.82. The molecule has 0 aliphatic carbocycles. The van der Waals surface area contributed by atoms with E-state index in [1.807, 2.05) is 26.0 Å². The number of ether oxygens (including phenoxy) is 1. The van der Waals surface area contributed by atoms with E-state index in [1.54, 1.807) is 11.1 Å². The van der Waals surface area contributed by atoms with Crippen molar-refractivity contribution in [1.82, 2.24) is 14.9 Å². The van der Waals surface area contributed by atoms with Crippen LogP contribution >= 0.6 is 27.3 Å². The van der Waals surface area contributed by atoms with Crippen LogP contribution in [0, 0.1) is 13.8 Å². The van der Waals surface area contributed by atoms with Gasteiger partial charge < -0.3 is 9.64 Å².